The second kappa shape index (κ2) is 11.3. The number of ether oxygens (including phenoxy) is 2. The van der Waals surface area contributed by atoms with Crippen molar-refractivity contribution >= 4 is 22.8 Å². The fourth-order valence-corrected chi connectivity index (χ4v) is 6.33. The molecule has 1 aliphatic carbocycles. The summed E-state index contributed by atoms with van der Waals surface area (Å²) in [5, 5.41) is 13.6. The van der Waals surface area contributed by atoms with Gasteiger partial charge in [-0.1, -0.05) is 37.5 Å². The van der Waals surface area contributed by atoms with Crippen molar-refractivity contribution in [1.82, 2.24) is 9.88 Å². The molecule has 2 aliphatic rings. The molecular formula is C33H33FN2O5. The molecule has 7 nitrogen and oxygen atoms in total. The van der Waals surface area contributed by atoms with E-state index in [2.05, 4.69) is 16.0 Å². The van der Waals surface area contributed by atoms with E-state index >= 15 is 0 Å². The lowest BCUT2D eigenvalue weighted by molar-refractivity contribution is -0.139. The fraction of sp³-hybridized carbons (Fsp3) is 0.333. The van der Waals surface area contributed by atoms with Gasteiger partial charge in [0.15, 0.2) is 0 Å². The average molecular weight is 557 g/mol. The molecule has 2 N–H and O–H groups in total. The fourth-order valence-electron chi connectivity index (χ4n) is 6.33. The molecule has 1 amide bonds. The second-order valence-corrected chi connectivity index (χ2v) is 10.9. The van der Waals surface area contributed by atoms with Crippen LogP contribution in [0.3, 0.4) is 0 Å². The third-order valence-electron chi connectivity index (χ3n) is 8.35. The molecule has 4 aromatic rings. The number of halogens is 1. The summed E-state index contributed by atoms with van der Waals surface area (Å²) in [6.45, 7) is 1.08. The van der Waals surface area contributed by atoms with Crippen molar-refractivity contribution in [3.63, 3.8) is 0 Å². The lowest BCUT2D eigenvalue weighted by Gasteiger charge is -2.23. The summed E-state index contributed by atoms with van der Waals surface area (Å²) in [6.07, 6.45) is 5.90. The van der Waals surface area contributed by atoms with E-state index in [0.29, 0.717) is 30.2 Å². The molecule has 3 aromatic carbocycles. The van der Waals surface area contributed by atoms with Crippen molar-refractivity contribution in [3.8, 4) is 22.8 Å². The van der Waals surface area contributed by atoms with Gasteiger partial charge in [0.25, 0.3) is 5.91 Å². The first-order valence-corrected chi connectivity index (χ1v) is 14.2. The zero-order valence-corrected chi connectivity index (χ0v) is 23.0. The maximum Gasteiger partial charge on any atom is 0.326 e. The topological polar surface area (TPSA) is 89.8 Å². The van der Waals surface area contributed by atoms with Crippen LogP contribution in [0.25, 0.3) is 22.2 Å². The lowest BCUT2D eigenvalue weighted by Crippen LogP contribution is -2.42. The molecule has 0 saturated heterocycles. The van der Waals surface area contributed by atoms with Gasteiger partial charge in [0.1, 0.15) is 30.0 Å². The maximum atomic E-state index is 13.4. The Kier molecular flexibility index (Phi) is 7.39. The molecular weight excluding hydrogens is 523 g/mol. The van der Waals surface area contributed by atoms with Crippen molar-refractivity contribution in [3.05, 3.63) is 83.2 Å². The molecule has 0 radical (unpaired) electrons. The number of hydrogen-bond donors (Lipinski definition) is 2. The van der Waals surface area contributed by atoms with Crippen molar-refractivity contribution in [2.75, 3.05) is 13.7 Å². The zero-order chi connectivity index (χ0) is 28.5. The number of rotatable bonds is 7. The first-order valence-electron chi connectivity index (χ1n) is 14.2. The number of carbonyl (C=O) groups excluding carboxylic acids is 1. The van der Waals surface area contributed by atoms with Gasteiger partial charge in [-0.15, -0.1) is 0 Å². The van der Waals surface area contributed by atoms with Gasteiger partial charge in [-0.2, -0.15) is 0 Å². The highest BCUT2D eigenvalue weighted by atomic mass is 19.1. The first-order chi connectivity index (χ1) is 19.9. The largest absolute Gasteiger partial charge is 0.497 e. The number of benzene rings is 3. The van der Waals surface area contributed by atoms with Gasteiger partial charge in [0.05, 0.1) is 19.3 Å². The van der Waals surface area contributed by atoms with E-state index < -0.39 is 23.7 Å². The number of methoxy groups -OCH3 is 1. The number of carbonyl (C=O) groups is 2. The van der Waals surface area contributed by atoms with Crippen LogP contribution in [0.4, 0.5) is 4.39 Å². The van der Waals surface area contributed by atoms with Crippen LogP contribution in [0.15, 0.2) is 60.7 Å². The number of carboxylic acids is 1. The van der Waals surface area contributed by atoms with Crippen LogP contribution in [0.2, 0.25) is 0 Å². The Morgan fingerprint density at radius 1 is 1.07 bits per heavy atom. The van der Waals surface area contributed by atoms with E-state index in [1.807, 2.05) is 24.3 Å². The Morgan fingerprint density at radius 3 is 2.59 bits per heavy atom. The summed E-state index contributed by atoms with van der Waals surface area (Å²) in [5.41, 5.74) is 5.38. The predicted octanol–water partition coefficient (Wildman–Crippen LogP) is 6.32. The molecule has 2 heterocycles. The highest BCUT2D eigenvalue weighted by Gasteiger charge is 2.30. The van der Waals surface area contributed by atoms with Gasteiger partial charge >= 0.3 is 5.97 Å². The number of aliphatic carboxylic acids is 1. The molecule has 0 unspecified atom stereocenters. The first kappa shape index (κ1) is 26.9. The van der Waals surface area contributed by atoms with Crippen LogP contribution in [-0.2, 0) is 17.8 Å². The molecule has 41 heavy (non-hydrogen) atoms. The summed E-state index contributed by atoms with van der Waals surface area (Å²) >= 11 is 0. The standard InChI is InChI=1S/C33H33FN2O5/c1-40-24-12-14-26-29(19-24)41-16-15-36-28-18-22(9-13-25(28)30(31(26)36)21-5-3-2-4-6-21)32(37)35-27(33(38)39)17-20-7-10-23(34)11-8-20/h7-14,18-19,21,27H,2-6,15-17H2,1H3,(H,35,37)(H,38,39)/t27-/m0/s1. The number of fused-ring (bicyclic) bond motifs is 5. The lowest BCUT2D eigenvalue weighted by atomic mass is 9.81. The maximum absolute atomic E-state index is 13.4. The highest BCUT2D eigenvalue weighted by molar-refractivity contribution is 6.02. The third kappa shape index (κ3) is 5.26. The number of hydrogen-bond acceptors (Lipinski definition) is 4. The molecule has 8 heteroatoms. The molecule has 0 bridgehead atoms. The molecule has 212 valence electrons. The van der Waals surface area contributed by atoms with Crippen LogP contribution in [0.5, 0.6) is 11.5 Å². The monoisotopic (exact) mass is 556 g/mol. The van der Waals surface area contributed by atoms with Gasteiger partial charge in [-0.3, -0.25) is 4.79 Å². The predicted molar refractivity (Wildman–Crippen MR) is 154 cm³/mol. The van der Waals surface area contributed by atoms with Gasteiger partial charge in [0, 0.05) is 34.5 Å². The molecule has 1 fully saturated rings. The van der Waals surface area contributed by atoms with Gasteiger partial charge in [-0.05, 0) is 66.3 Å². The van der Waals surface area contributed by atoms with Crippen LogP contribution >= 0.6 is 0 Å². The van der Waals surface area contributed by atoms with Gasteiger partial charge in [-0.25, -0.2) is 9.18 Å². The van der Waals surface area contributed by atoms with Crippen LogP contribution in [0, 0.1) is 5.82 Å². The van der Waals surface area contributed by atoms with Crippen LogP contribution in [-0.4, -0.2) is 41.3 Å². The molecule has 0 spiro atoms. The minimum atomic E-state index is -1.15. The van der Waals surface area contributed by atoms with Crippen LogP contribution < -0.4 is 14.8 Å². The molecule has 1 aromatic heterocycles. The second-order valence-electron chi connectivity index (χ2n) is 10.9. The van der Waals surface area contributed by atoms with E-state index in [-0.39, 0.29) is 6.42 Å². The third-order valence-corrected chi connectivity index (χ3v) is 8.35. The Balaban J connectivity index is 1.40. The highest BCUT2D eigenvalue weighted by Crippen LogP contribution is 2.47. The molecule has 1 saturated carbocycles. The Bertz CT molecular complexity index is 1600. The minimum absolute atomic E-state index is 0.0491. The number of aromatic nitrogens is 1. The molecule has 6 rings (SSSR count). The summed E-state index contributed by atoms with van der Waals surface area (Å²) in [5.74, 6) is -0.0900. The van der Waals surface area contributed by atoms with E-state index in [0.717, 1.165) is 46.5 Å². The van der Waals surface area contributed by atoms with Crippen LogP contribution in [0.1, 0.15) is 59.5 Å². The van der Waals surface area contributed by atoms with Crippen molar-refractivity contribution < 1.29 is 28.6 Å². The summed E-state index contributed by atoms with van der Waals surface area (Å²) in [7, 11) is 1.64. The van der Waals surface area contributed by atoms with Crippen molar-refractivity contribution in [2.45, 2.75) is 57.0 Å². The SMILES string of the molecule is COc1ccc2c(c1)OCCn1c-2c(C2CCCCC2)c2ccc(C(=O)N[C@@H](Cc3ccc(F)cc3)C(=O)O)cc21. The number of amides is 1. The molecule has 1 aliphatic heterocycles. The quantitative estimate of drug-likeness (QED) is 0.278. The van der Waals surface area contributed by atoms with Crippen molar-refractivity contribution in [2.24, 2.45) is 0 Å². The van der Waals surface area contributed by atoms with Gasteiger partial charge in [0.2, 0.25) is 0 Å². The summed E-state index contributed by atoms with van der Waals surface area (Å²) in [6, 6.07) is 16.1. The normalized spacial score (nSPS) is 15.8. The Morgan fingerprint density at radius 2 is 1.85 bits per heavy atom. The Labute approximate surface area is 237 Å². The summed E-state index contributed by atoms with van der Waals surface area (Å²) in [4.78, 5) is 25.4. The van der Waals surface area contributed by atoms with E-state index in [9.17, 15) is 19.1 Å². The Hall–Kier alpha value is -4.33. The van der Waals surface area contributed by atoms with E-state index in [4.69, 9.17) is 9.47 Å². The number of carboxylic acid groups (broad SMARTS) is 1. The van der Waals surface area contributed by atoms with Gasteiger partial charge < -0.3 is 24.5 Å². The number of nitrogens with zero attached hydrogens (tertiary/aromatic N) is 1. The summed E-state index contributed by atoms with van der Waals surface area (Å²) < 4.78 is 27.2. The van der Waals surface area contributed by atoms with E-state index in [1.165, 1.54) is 49.1 Å². The van der Waals surface area contributed by atoms with E-state index in [1.54, 1.807) is 13.2 Å². The molecule has 1 atom stereocenters. The van der Waals surface area contributed by atoms with Crippen molar-refractivity contribution in [1.29, 1.82) is 0 Å². The zero-order valence-electron chi connectivity index (χ0n) is 23.0. The average Bonchev–Trinajstić information content (AvgIpc) is 3.19. The minimum Gasteiger partial charge on any atom is -0.497 e. The number of nitrogens with one attached hydrogen (secondary N) is 1. The smallest absolute Gasteiger partial charge is 0.326 e.